The van der Waals surface area contributed by atoms with Crippen LogP contribution in [0.1, 0.15) is 123 Å². The summed E-state index contributed by atoms with van der Waals surface area (Å²) in [5, 5.41) is 59.5. The first kappa shape index (κ1) is 58.1. The number of aliphatic hydroxyl groups excluding tert-OH is 2. The minimum absolute atomic E-state index is 0.0498. The fourth-order valence-corrected chi connectivity index (χ4v) is 14.9. The van der Waals surface area contributed by atoms with Gasteiger partial charge in [0, 0.05) is 53.6 Å². The highest BCUT2D eigenvalue weighted by molar-refractivity contribution is 5.90. The van der Waals surface area contributed by atoms with Crippen LogP contribution < -0.4 is 0 Å². The van der Waals surface area contributed by atoms with Gasteiger partial charge >= 0.3 is 5.97 Å². The maximum atomic E-state index is 13.7. The lowest BCUT2D eigenvalue weighted by Crippen LogP contribution is -2.78. The maximum Gasteiger partial charge on any atom is 0.338 e. The molecule has 1 aromatic carbocycles. The summed E-state index contributed by atoms with van der Waals surface area (Å²) in [4.78, 5) is 27.1. The van der Waals surface area contributed by atoms with Crippen LogP contribution in [0.4, 0.5) is 0 Å². The molecular formula is C56H84O20. The third kappa shape index (κ3) is 9.87. The van der Waals surface area contributed by atoms with Crippen molar-refractivity contribution in [1.82, 2.24) is 0 Å². The van der Waals surface area contributed by atoms with Crippen LogP contribution in [0.3, 0.4) is 0 Å². The molecule has 25 atom stereocenters. The van der Waals surface area contributed by atoms with Crippen molar-refractivity contribution in [2.75, 3.05) is 28.4 Å². The fourth-order valence-electron chi connectivity index (χ4n) is 14.9. The Morgan fingerprint density at radius 2 is 1.17 bits per heavy atom. The quantitative estimate of drug-likeness (QED) is 0.124. The van der Waals surface area contributed by atoms with Crippen molar-refractivity contribution in [3.8, 4) is 0 Å². The molecular weight excluding hydrogens is 993 g/mol. The number of hydrogen-bond acceptors (Lipinski definition) is 20. The molecule has 20 heteroatoms. The second-order valence-electron chi connectivity index (χ2n) is 23.3. The summed E-state index contributed by atoms with van der Waals surface area (Å²) in [6, 6.07) is 8.51. The van der Waals surface area contributed by atoms with Gasteiger partial charge in [-0.05, 0) is 104 Å². The van der Waals surface area contributed by atoms with Gasteiger partial charge < -0.3 is 87.1 Å². The number of ketones is 1. The van der Waals surface area contributed by atoms with E-state index < -0.39 is 156 Å². The lowest BCUT2D eigenvalue weighted by Gasteiger charge is -2.67. The van der Waals surface area contributed by atoms with E-state index >= 15 is 0 Å². The first-order valence-corrected chi connectivity index (χ1v) is 27.3. The maximum absolute atomic E-state index is 13.7. The average Bonchev–Trinajstić information content (AvgIpc) is 3.63. The number of benzene rings is 1. The number of esters is 1. The number of fused-ring (bicyclic) bond motifs is 5. The van der Waals surface area contributed by atoms with E-state index in [1.54, 1.807) is 65.5 Å². The Kier molecular flexibility index (Phi) is 17.1. The molecule has 0 amide bonds. The number of aliphatic hydroxyl groups is 5. The summed E-state index contributed by atoms with van der Waals surface area (Å²) in [5.41, 5.74) is -6.73. The molecule has 0 unspecified atom stereocenters. The number of carbonyl (C=O) groups excluding carboxylic acids is 2. The van der Waals surface area contributed by atoms with Gasteiger partial charge in [-0.2, -0.15) is 0 Å². The van der Waals surface area contributed by atoms with E-state index in [1.807, 2.05) is 26.8 Å². The monoisotopic (exact) mass is 1080 g/mol. The van der Waals surface area contributed by atoms with Gasteiger partial charge in [0.25, 0.3) is 0 Å². The van der Waals surface area contributed by atoms with Crippen LogP contribution in [-0.2, 0) is 66.4 Å². The van der Waals surface area contributed by atoms with Crippen molar-refractivity contribution in [3.63, 3.8) is 0 Å². The zero-order chi connectivity index (χ0) is 54.9. The second-order valence-corrected chi connectivity index (χ2v) is 23.3. The molecule has 5 N–H and O–H groups in total. The van der Waals surface area contributed by atoms with E-state index in [-0.39, 0.29) is 31.8 Å². The third-order valence-corrected chi connectivity index (χ3v) is 19.5. The fraction of sp³-hybridized carbons (Fsp3) is 0.821. The molecule has 4 aliphatic heterocycles. The highest BCUT2D eigenvalue weighted by atomic mass is 16.8. The van der Waals surface area contributed by atoms with Crippen LogP contribution in [0.2, 0.25) is 0 Å². The van der Waals surface area contributed by atoms with Gasteiger partial charge in [-0.15, -0.1) is 0 Å². The molecule has 0 aromatic heterocycles. The molecule has 4 heterocycles. The Balaban J connectivity index is 0.810. The van der Waals surface area contributed by atoms with E-state index in [0.717, 1.165) is 5.57 Å². The Bertz CT molecular complexity index is 2220. The average molecular weight is 1080 g/mol. The molecule has 0 radical (unpaired) electrons. The van der Waals surface area contributed by atoms with Crippen LogP contribution in [0.15, 0.2) is 42.0 Å². The van der Waals surface area contributed by atoms with Crippen LogP contribution in [0.25, 0.3) is 0 Å². The predicted molar refractivity (Wildman–Crippen MR) is 267 cm³/mol. The van der Waals surface area contributed by atoms with E-state index in [2.05, 4.69) is 6.92 Å². The Hall–Kier alpha value is -2.58. The molecule has 428 valence electrons. The predicted octanol–water partition coefficient (Wildman–Crippen LogP) is 3.81. The summed E-state index contributed by atoms with van der Waals surface area (Å²) in [6.07, 6.45) is -7.99. The number of rotatable bonds is 15. The normalized spacial score (nSPS) is 49.4. The van der Waals surface area contributed by atoms with E-state index in [1.165, 1.54) is 14.0 Å². The van der Waals surface area contributed by atoms with Crippen molar-refractivity contribution >= 4 is 11.8 Å². The SMILES string of the molecule is CO[C@@H]1[C@@H](O)[C@H](O[C@@H]2[C@@H](C)O[C@@H](O[C@H]3[C@@H](OC)C[C@H](O[C@H]4[C@@H](OC)C[C@H](O[C@H]5CC[C@@]6(C)C(=CC[C@]7(O)[C@@H]6C[C@@H](OC(=O)c6ccccc6)[C@@]6(C)[C@]7(O)CC[C@@]6(O)C(C)=O)C5)O[C@@H]4C)O[C@@H]3C)C[C@H]2OC)O[C@H](C)[C@H]1O. The zero-order valence-corrected chi connectivity index (χ0v) is 45.9. The largest absolute Gasteiger partial charge is 0.458 e. The summed E-state index contributed by atoms with van der Waals surface area (Å²) in [6.45, 7) is 12.3. The molecule has 7 fully saturated rings. The first-order valence-electron chi connectivity index (χ1n) is 27.3. The first-order chi connectivity index (χ1) is 36.0. The van der Waals surface area contributed by atoms with Crippen molar-refractivity contribution < 1.29 is 96.7 Å². The van der Waals surface area contributed by atoms with Crippen molar-refractivity contribution in [1.29, 1.82) is 0 Å². The van der Waals surface area contributed by atoms with Gasteiger partial charge in [0.05, 0.1) is 59.8 Å². The lowest BCUT2D eigenvalue weighted by molar-refractivity contribution is -0.356. The Morgan fingerprint density at radius 1 is 0.632 bits per heavy atom. The standard InChI is InChI=1S/C56H84O20/c1-28-44(58)49(67-11)45(59)51(71-28)76-48-31(4)70-43(26-38(48)66-10)75-47-30(3)69-42(25-37(47)65-9)74-46-29(2)68-41(24-36(46)64-8)72-35-18-19-52(6)34(23-35)17-20-55(62)39(52)27-40(73-50(60)33-15-13-12-14-16-33)53(7)54(61,32(5)57)21-22-56(53,55)63/h12-17,28-31,35-49,51,58-59,61-63H,18-27H2,1-11H3/t28-,29-,30-,31-,35+,36+,37+,38-,39-,40-,41+,42+,43+,44-,45-,46-,47-,48-,49+,51+,52+,53-,54-,55+,56-/m1/s1. The minimum Gasteiger partial charge on any atom is -0.458 e. The Morgan fingerprint density at radius 3 is 1.70 bits per heavy atom. The van der Waals surface area contributed by atoms with Gasteiger partial charge in [0.2, 0.25) is 0 Å². The van der Waals surface area contributed by atoms with Crippen molar-refractivity contribution in [2.24, 2.45) is 16.7 Å². The molecule has 20 nitrogen and oxygen atoms in total. The van der Waals surface area contributed by atoms with Crippen molar-refractivity contribution in [2.45, 2.75) is 246 Å². The number of Topliss-reactive ketones (excluding diaryl/α,β-unsaturated/α-hetero) is 1. The van der Waals surface area contributed by atoms with Crippen molar-refractivity contribution in [3.05, 3.63) is 47.5 Å². The highest BCUT2D eigenvalue weighted by Crippen LogP contribution is 2.71. The molecule has 0 bridgehead atoms. The molecule has 4 aliphatic carbocycles. The van der Waals surface area contributed by atoms with Gasteiger partial charge in [0.15, 0.2) is 30.9 Å². The number of ether oxygens (including phenoxy) is 13. The summed E-state index contributed by atoms with van der Waals surface area (Å²) < 4.78 is 81.0. The minimum atomic E-state index is -2.04. The molecule has 3 saturated carbocycles. The van der Waals surface area contributed by atoms with E-state index in [9.17, 15) is 35.1 Å². The molecule has 4 saturated heterocycles. The van der Waals surface area contributed by atoms with E-state index in [4.69, 9.17) is 61.6 Å². The van der Waals surface area contributed by atoms with Gasteiger partial charge in [-0.3, -0.25) is 4.79 Å². The summed E-state index contributed by atoms with van der Waals surface area (Å²) in [7, 11) is 6.24. The van der Waals surface area contributed by atoms with Crippen LogP contribution in [-0.4, -0.2) is 199 Å². The van der Waals surface area contributed by atoms with Crippen LogP contribution in [0, 0.1) is 16.7 Å². The summed E-state index contributed by atoms with van der Waals surface area (Å²) >= 11 is 0. The number of hydrogen-bond donors (Lipinski definition) is 5. The summed E-state index contributed by atoms with van der Waals surface area (Å²) in [5.74, 6) is -1.76. The molecule has 8 aliphatic rings. The molecule has 1 aromatic rings. The number of methoxy groups -OCH3 is 4. The molecule has 76 heavy (non-hydrogen) atoms. The number of carbonyl (C=O) groups is 2. The van der Waals surface area contributed by atoms with Crippen LogP contribution >= 0.6 is 0 Å². The zero-order valence-electron chi connectivity index (χ0n) is 45.9. The second kappa shape index (κ2) is 22.4. The van der Waals surface area contributed by atoms with Gasteiger partial charge in [-0.25, -0.2) is 4.79 Å². The van der Waals surface area contributed by atoms with Gasteiger partial charge in [0.1, 0.15) is 59.5 Å². The Labute approximate surface area is 446 Å². The van der Waals surface area contributed by atoms with E-state index in [0.29, 0.717) is 44.1 Å². The van der Waals surface area contributed by atoms with Crippen LogP contribution in [0.5, 0.6) is 0 Å². The highest BCUT2D eigenvalue weighted by Gasteiger charge is 2.81. The topological polar surface area (TPSA) is 255 Å². The lowest BCUT2D eigenvalue weighted by atomic mass is 9.42. The smallest absolute Gasteiger partial charge is 0.338 e. The van der Waals surface area contributed by atoms with Gasteiger partial charge in [-0.1, -0.05) is 36.8 Å². The third-order valence-electron chi connectivity index (χ3n) is 19.5. The molecule has 9 rings (SSSR count). The molecule has 0 spiro atoms.